The molecule has 10 heteroatoms. The molecule has 1 fully saturated rings. The van der Waals surface area contributed by atoms with Crippen LogP contribution in [0.5, 0.6) is 5.88 Å². The summed E-state index contributed by atoms with van der Waals surface area (Å²) in [6.07, 6.45) is 4.44. The molecule has 0 saturated heterocycles. The molecule has 1 heterocycles. The first kappa shape index (κ1) is 21.5. The van der Waals surface area contributed by atoms with Gasteiger partial charge in [-0.25, -0.2) is 0 Å². The zero-order chi connectivity index (χ0) is 21.1. The van der Waals surface area contributed by atoms with E-state index in [1.165, 1.54) is 4.57 Å². The number of aromatic nitrogens is 2. The largest absolute Gasteiger partial charge is 0.493 e. The van der Waals surface area contributed by atoms with Crippen LogP contribution in [0.4, 0.5) is 0 Å². The highest BCUT2D eigenvalue weighted by Gasteiger charge is 2.29. The van der Waals surface area contributed by atoms with Gasteiger partial charge in [-0.05, 0) is 56.8 Å². The summed E-state index contributed by atoms with van der Waals surface area (Å²) in [5.74, 6) is -2.71. The first-order valence-corrected chi connectivity index (χ1v) is 10.7. The van der Waals surface area contributed by atoms with E-state index in [0.717, 1.165) is 32.1 Å². The number of aromatic hydroxyl groups is 1. The van der Waals surface area contributed by atoms with Gasteiger partial charge in [-0.15, -0.1) is 0 Å². The minimum absolute atomic E-state index is 0.177. The van der Waals surface area contributed by atoms with Gasteiger partial charge in [-0.1, -0.05) is 25.3 Å². The minimum Gasteiger partial charge on any atom is -0.493 e. The molecule has 1 aliphatic rings. The van der Waals surface area contributed by atoms with E-state index in [-0.39, 0.29) is 11.9 Å². The van der Waals surface area contributed by atoms with E-state index in [9.17, 15) is 19.5 Å². The van der Waals surface area contributed by atoms with Crippen molar-refractivity contribution >= 4 is 43.7 Å². The van der Waals surface area contributed by atoms with Crippen molar-refractivity contribution < 1.29 is 19.8 Å². The van der Waals surface area contributed by atoms with Crippen LogP contribution in [-0.4, -0.2) is 38.2 Å². The third-order valence-electron chi connectivity index (χ3n) is 4.85. The molecular weight excluding hydrogens is 510 g/mol. The number of carboxylic acids is 1. The molecule has 2 aromatic rings. The Morgan fingerprint density at radius 3 is 2.38 bits per heavy atom. The molecular formula is C19H19Br2N3O5. The van der Waals surface area contributed by atoms with Crippen molar-refractivity contribution in [3.8, 4) is 17.3 Å². The fourth-order valence-corrected chi connectivity index (χ4v) is 4.88. The van der Waals surface area contributed by atoms with Crippen LogP contribution in [0.1, 0.15) is 48.5 Å². The average Bonchev–Trinajstić information content (AvgIpc) is 2.67. The molecule has 0 aliphatic heterocycles. The lowest BCUT2D eigenvalue weighted by Crippen LogP contribution is -2.38. The zero-order valence-corrected chi connectivity index (χ0v) is 18.5. The van der Waals surface area contributed by atoms with Gasteiger partial charge in [0.25, 0.3) is 11.5 Å². The van der Waals surface area contributed by atoms with Crippen LogP contribution < -0.4 is 10.9 Å². The van der Waals surface area contributed by atoms with E-state index in [0.29, 0.717) is 14.5 Å². The van der Waals surface area contributed by atoms with Gasteiger partial charge in [0.05, 0.1) is 0 Å². The summed E-state index contributed by atoms with van der Waals surface area (Å²) in [4.78, 5) is 40.7. The average molecular weight is 529 g/mol. The van der Waals surface area contributed by atoms with Crippen LogP contribution in [0.3, 0.4) is 0 Å². The van der Waals surface area contributed by atoms with E-state index < -0.39 is 35.4 Å². The number of aliphatic carboxylic acids is 1. The Hall–Kier alpha value is -2.20. The Labute approximate surface area is 183 Å². The molecule has 0 atom stereocenters. The van der Waals surface area contributed by atoms with E-state index in [2.05, 4.69) is 42.2 Å². The van der Waals surface area contributed by atoms with Gasteiger partial charge >= 0.3 is 5.97 Å². The molecule has 1 aromatic heterocycles. The molecule has 29 heavy (non-hydrogen) atoms. The molecule has 3 rings (SSSR count). The topological polar surface area (TPSA) is 122 Å². The number of hydrogen-bond acceptors (Lipinski definition) is 5. The molecule has 8 nitrogen and oxygen atoms in total. The first-order valence-electron chi connectivity index (χ1n) is 9.11. The maximum atomic E-state index is 13.3. The normalized spacial score (nSPS) is 14.6. The van der Waals surface area contributed by atoms with Crippen molar-refractivity contribution in [2.75, 3.05) is 6.54 Å². The third kappa shape index (κ3) is 4.53. The van der Waals surface area contributed by atoms with Crippen molar-refractivity contribution in [1.82, 2.24) is 14.9 Å². The first-order chi connectivity index (χ1) is 13.8. The Morgan fingerprint density at radius 1 is 1.17 bits per heavy atom. The highest BCUT2D eigenvalue weighted by molar-refractivity contribution is 9.11. The summed E-state index contributed by atoms with van der Waals surface area (Å²) in [7, 11) is 0. The lowest BCUT2D eigenvalue weighted by molar-refractivity contribution is -0.135. The molecule has 0 unspecified atom stereocenters. The van der Waals surface area contributed by atoms with Crippen molar-refractivity contribution in [1.29, 1.82) is 0 Å². The molecule has 0 spiro atoms. The molecule has 0 bridgehead atoms. The Morgan fingerprint density at radius 2 is 1.79 bits per heavy atom. The van der Waals surface area contributed by atoms with Gasteiger partial charge in [-0.2, -0.15) is 4.98 Å². The van der Waals surface area contributed by atoms with E-state index >= 15 is 0 Å². The highest BCUT2D eigenvalue weighted by Crippen LogP contribution is 2.38. The van der Waals surface area contributed by atoms with Crippen LogP contribution in [0.25, 0.3) is 11.4 Å². The second-order valence-electron chi connectivity index (χ2n) is 6.77. The third-order valence-corrected chi connectivity index (χ3v) is 6.17. The molecule has 154 valence electrons. The maximum Gasteiger partial charge on any atom is 0.322 e. The maximum absolute atomic E-state index is 13.3. The van der Waals surface area contributed by atoms with Crippen LogP contribution in [0, 0.1) is 0 Å². The van der Waals surface area contributed by atoms with Crippen molar-refractivity contribution in [3.05, 3.63) is 43.1 Å². The number of benzene rings is 1. The van der Waals surface area contributed by atoms with Gasteiger partial charge < -0.3 is 15.5 Å². The summed E-state index contributed by atoms with van der Waals surface area (Å²) in [6.45, 7) is -0.668. The smallest absolute Gasteiger partial charge is 0.322 e. The van der Waals surface area contributed by atoms with Crippen LogP contribution >= 0.6 is 31.9 Å². The number of rotatable bonds is 5. The molecule has 1 aliphatic carbocycles. The van der Waals surface area contributed by atoms with Gasteiger partial charge in [0.2, 0.25) is 5.88 Å². The second-order valence-corrected chi connectivity index (χ2v) is 8.48. The minimum atomic E-state index is -1.26. The monoisotopic (exact) mass is 527 g/mol. The SMILES string of the molecule is O=C(O)CNC(=O)c1c(O)nc(-c2c(Br)cccc2Br)n(C2CCCCC2)c1=O. The lowest BCUT2D eigenvalue weighted by Gasteiger charge is -2.27. The number of hydrogen-bond donors (Lipinski definition) is 3. The fraction of sp³-hybridized carbons (Fsp3) is 0.368. The number of halogens is 2. The summed E-state index contributed by atoms with van der Waals surface area (Å²) < 4.78 is 2.80. The number of carbonyl (C=O) groups excluding carboxylic acids is 1. The number of carbonyl (C=O) groups is 2. The quantitative estimate of drug-likeness (QED) is 0.546. The number of nitrogens with one attached hydrogen (secondary N) is 1. The van der Waals surface area contributed by atoms with Gasteiger partial charge in [0.15, 0.2) is 5.56 Å². The Balaban J connectivity index is 2.22. The Kier molecular flexibility index (Phi) is 6.74. The molecule has 1 amide bonds. The van der Waals surface area contributed by atoms with Crippen LogP contribution in [-0.2, 0) is 4.79 Å². The number of nitrogens with zero attached hydrogens (tertiary/aromatic N) is 2. The van der Waals surface area contributed by atoms with Crippen LogP contribution in [0.15, 0.2) is 31.9 Å². The van der Waals surface area contributed by atoms with Gasteiger partial charge in [-0.3, -0.25) is 19.0 Å². The zero-order valence-electron chi connectivity index (χ0n) is 15.3. The van der Waals surface area contributed by atoms with Crippen LogP contribution in [0.2, 0.25) is 0 Å². The number of amides is 1. The molecule has 1 aromatic carbocycles. The predicted octanol–water partition coefficient (Wildman–Crippen LogP) is 3.46. The van der Waals surface area contributed by atoms with Crippen molar-refractivity contribution in [3.63, 3.8) is 0 Å². The highest BCUT2D eigenvalue weighted by atomic mass is 79.9. The fourth-order valence-electron chi connectivity index (χ4n) is 3.53. The summed E-state index contributed by atoms with van der Waals surface area (Å²) in [5, 5.41) is 21.3. The second kappa shape index (κ2) is 9.08. The Bertz CT molecular complexity index is 995. The summed E-state index contributed by atoms with van der Waals surface area (Å²) in [5.41, 5.74) is -0.656. The van der Waals surface area contributed by atoms with Crippen molar-refractivity contribution in [2.45, 2.75) is 38.1 Å². The predicted molar refractivity (Wildman–Crippen MR) is 113 cm³/mol. The van der Waals surface area contributed by atoms with Gasteiger partial charge in [0.1, 0.15) is 12.4 Å². The standard InChI is InChI=1S/C19H19Br2N3O5/c20-11-7-4-8-12(21)14(11)16-23-18(28)15(17(27)22-9-13(25)26)19(29)24(16)10-5-2-1-3-6-10/h4,7-8,10,28H,1-3,5-6,9H2,(H,22,27)(H,25,26). The molecule has 1 saturated carbocycles. The van der Waals surface area contributed by atoms with E-state index in [1.807, 2.05) is 6.07 Å². The lowest BCUT2D eigenvalue weighted by atomic mass is 9.94. The van der Waals surface area contributed by atoms with Gasteiger partial charge in [0, 0.05) is 20.6 Å². The molecule has 0 radical (unpaired) electrons. The molecule has 3 N–H and O–H groups in total. The van der Waals surface area contributed by atoms with E-state index in [1.54, 1.807) is 12.1 Å². The van der Waals surface area contributed by atoms with E-state index in [4.69, 9.17) is 5.11 Å². The van der Waals surface area contributed by atoms with Crippen molar-refractivity contribution in [2.24, 2.45) is 0 Å². The number of carboxylic acid groups (broad SMARTS) is 1. The summed E-state index contributed by atoms with van der Waals surface area (Å²) >= 11 is 6.94. The summed E-state index contributed by atoms with van der Waals surface area (Å²) in [6, 6.07) is 5.22.